The number of hydrogen-bond acceptors (Lipinski definition) is 5. The second kappa shape index (κ2) is 5.97. The highest BCUT2D eigenvalue weighted by Gasteiger charge is 2.24. The van der Waals surface area contributed by atoms with E-state index in [4.69, 9.17) is 4.74 Å². The summed E-state index contributed by atoms with van der Waals surface area (Å²) in [6.07, 6.45) is 1.44. The normalized spacial score (nSPS) is 20.4. The van der Waals surface area contributed by atoms with E-state index in [0.717, 1.165) is 18.9 Å². The van der Waals surface area contributed by atoms with E-state index in [-0.39, 0.29) is 11.6 Å². The molecule has 1 aromatic rings. The van der Waals surface area contributed by atoms with Gasteiger partial charge < -0.3 is 19.9 Å². The number of H-pyrrole nitrogens is 1. The summed E-state index contributed by atoms with van der Waals surface area (Å²) in [5.41, 5.74) is -0.123. The lowest BCUT2D eigenvalue weighted by atomic mass is 10.2. The number of aromatic amines is 1. The molecule has 1 saturated heterocycles. The van der Waals surface area contributed by atoms with Crippen molar-refractivity contribution in [2.75, 3.05) is 31.2 Å². The highest BCUT2D eigenvalue weighted by molar-refractivity contribution is 5.38. The van der Waals surface area contributed by atoms with Crippen molar-refractivity contribution >= 4 is 5.82 Å². The SMILES string of the molecule is CC(C)NCC1COCCN1c1cc(=O)[nH]cn1. The number of ether oxygens (including phenoxy) is 1. The smallest absolute Gasteiger partial charge is 0.252 e. The van der Waals surface area contributed by atoms with Crippen molar-refractivity contribution in [3.05, 3.63) is 22.7 Å². The molecule has 1 aliphatic rings. The van der Waals surface area contributed by atoms with E-state index in [2.05, 4.69) is 34.0 Å². The molecule has 100 valence electrons. The first-order valence-electron chi connectivity index (χ1n) is 6.29. The van der Waals surface area contributed by atoms with Crippen molar-refractivity contribution in [1.82, 2.24) is 15.3 Å². The third-order valence-electron chi connectivity index (χ3n) is 2.95. The molecule has 18 heavy (non-hydrogen) atoms. The largest absolute Gasteiger partial charge is 0.377 e. The topological polar surface area (TPSA) is 70.2 Å². The molecule has 6 nitrogen and oxygen atoms in total. The van der Waals surface area contributed by atoms with E-state index in [1.807, 2.05) is 0 Å². The molecule has 2 rings (SSSR count). The van der Waals surface area contributed by atoms with E-state index in [1.54, 1.807) is 0 Å². The standard InChI is InChI=1S/C12H20N4O2/c1-9(2)13-6-10-7-18-4-3-16(10)11-5-12(17)15-8-14-11/h5,8-10,13H,3-4,6-7H2,1-2H3,(H,14,15,17). The minimum Gasteiger partial charge on any atom is -0.377 e. The van der Waals surface area contributed by atoms with Gasteiger partial charge in [-0.3, -0.25) is 4.79 Å². The van der Waals surface area contributed by atoms with Crippen molar-refractivity contribution in [3.8, 4) is 0 Å². The van der Waals surface area contributed by atoms with Gasteiger partial charge in [0.15, 0.2) is 0 Å². The van der Waals surface area contributed by atoms with Crippen LogP contribution in [-0.4, -0.2) is 48.4 Å². The number of nitrogens with zero attached hydrogens (tertiary/aromatic N) is 2. The Morgan fingerprint density at radius 1 is 1.67 bits per heavy atom. The predicted octanol–water partition coefficient (Wildman–Crippen LogP) is -0.0269. The maximum absolute atomic E-state index is 11.3. The number of hydrogen-bond donors (Lipinski definition) is 2. The molecule has 2 N–H and O–H groups in total. The summed E-state index contributed by atoms with van der Waals surface area (Å²) in [4.78, 5) is 20.2. The Balaban J connectivity index is 2.10. The van der Waals surface area contributed by atoms with Crippen LogP contribution in [0.25, 0.3) is 0 Å². The third-order valence-corrected chi connectivity index (χ3v) is 2.95. The van der Waals surface area contributed by atoms with E-state index in [0.29, 0.717) is 19.3 Å². The molecule has 0 bridgehead atoms. The van der Waals surface area contributed by atoms with Crippen LogP contribution in [0.3, 0.4) is 0 Å². The minimum atomic E-state index is -0.123. The Labute approximate surface area is 106 Å². The monoisotopic (exact) mass is 252 g/mol. The minimum absolute atomic E-state index is 0.123. The molecular formula is C12H20N4O2. The Morgan fingerprint density at radius 2 is 2.50 bits per heavy atom. The van der Waals surface area contributed by atoms with Crippen molar-refractivity contribution in [1.29, 1.82) is 0 Å². The van der Waals surface area contributed by atoms with Crippen LogP contribution in [0.1, 0.15) is 13.8 Å². The molecule has 2 heterocycles. The molecule has 6 heteroatoms. The Kier molecular flexibility index (Phi) is 4.33. The lowest BCUT2D eigenvalue weighted by molar-refractivity contribution is 0.0927. The van der Waals surface area contributed by atoms with Gasteiger partial charge in [-0.25, -0.2) is 4.98 Å². The molecule has 1 aromatic heterocycles. The zero-order valence-electron chi connectivity index (χ0n) is 10.8. The van der Waals surface area contributed by atoms with Crippen LogP contribution in [0.4, 0.5) is 5.82 Å². The summed E-state index contributed by atoms with van der Waals surface area (Å²) >= 11 is 0. The highest BCUT2D eigenvalue weighted by Crippen LogP contribution is 2.14. The average molecular weight is 252 g/mol. The van der Waals surface area contributed by atoms with Gasteiger partial charge in [0, 0.05) is 25.2 Å². The summed E-state index contributed by atoms with van der Waals surface area (Å²) in [5.74, 6) is 0.720. The van der Waals surface area contributed by atoms with Gasteiger partial charge in [0.2, 0.25) is 0 Å². The van der Waals surface area contributed by atoms with Gasteiger partial charge in [0.05, 0.1) is 25.6 Å². The predicted molar refractivity (Wildman–Crippen MR) is 69.9 cm³/mol. The Hall–Kier alpha value is -1.40. The molecule has 1 unspecified atom stereocenters. The maximum Gasteiger partial charge on any atom is 0.252 e. The van der Waals surface area contributed by atoms with Crippen molar-refractivity contribution in [2.24, 2.45) is 0 Å². The molecule has 0 spiro atoms. The van der Waals surface area contributed by atoms with Crippen LogP contribution in [0.5, 0.6) is 0 Å². The number of anilines is 1. The van der Waals surface area contributed by atoms with Gasteiger partial charge in [0.25, 0.3) is 5.56 Å². The first-order chi connectivity index (χ1) is 8.66. The highest BCUT2D eigenvalue weighted by atomic mass is 16.5. The second-order valence-corrected chi connectivity index (χ2v) is 4.75. The molecule has 1 atom stereocenters. The molecule has 0 aromatic carbocycles. The van der Waals surface area contributed by atoms with Gasteiger partial charge in [-0.05, 0) is 0 Å². The van der Waals surface area contributed by atoms with Crippen LogP contribution in [0.2, 0.25) is 0 Å². The summed E-state index contributed by atoms with van der Waals surface area (Å²) < 4.78 is 5.50. The van der Waals surface area contributed by atoms with Gasteiger partial charge in [-0.15, -0.1) is 0 Å². The first kappa shape index (κ1) is 13.0. The summed E-state index contributed by atoms with van der Waals surface area (Å²) in [7, 11) is 0. The second-order valence-electron chi connectivity index (χ2n) is 4.75. The Morgan fingerprint density at radius 3 is 3.22 bits per heavy atom. The van der Waals surface area contributed by atoms with Gasteiger partial charge in [-0.2, -0.15) is 0 Å². The number of morpholine rings is 1. The average Bonchev–Trinajstić information content (AvgIpc) is 2.36. The van der Waals surface area contributed by atoms with Crippen LogP contribution in [0, 0.1) is 0 Å². The number of rotatable bonds is 4. The third kappa shape index (κ3) is 3.30. The van der Waals surface area contributed by atoms with Gasteiger partial charge >= 0.3 is 0 Å². The van der Waals surface area contributed by atoms with E-state index >= 15 is 0 Å². The summed E-state index contributed by atoms with van der Waals surface area (Å²) in [6.45, 7) is 7.15. The van der Waals surface area contributed by atoms with Crippen molar-refractivity contribution in [2.45, 2.75) is 25.9 Å². The quantitative estimate of drug-likeness (QED) is 0.787. The molecule has 0 amide bonds. The zero-order valence-corrected chi connectivity index (χ0v) is 10.8. The molecule has 0 radical (unpaired) electrons. The van der Waals surface area contributed by atoms with E-state index < -0.39 is 0 Å². The van der Waals surface area contributed by atoms with Gasteiger partial charge in [0.1, 0.15) is 5.82 Å². The zero-order chi connectivity index (χ0) is 13.0. The lowest BCUT2D eigenvalue weighted by Crippen LogP contribution is -2.52. The fourth-order valence-electron chi connectivity index (χ4n) is 2.01. The first-order valence-corrected chi connectivity index (χ1v) is 6.29. The van der Waals surface area contributed by atoms with Crippen LogP contribution in [-0.2, 0) is 4.74 Å². The van der Waals surface area contributed by atoms with E-state index in [9.17, 15) is 4.79 Å². The van der Waals surface area contributed by atoms with E-state index in [1.165, 1.54) is 12.4 Å². The van der Waals surface area contributed by atoms with Crippen LogP contribution >= 0.6 is 0 Å². The fraction of sp³-hybridized carbons (Fsp3) is 0.667. The van der Waals surface area contributed by atoms with Gasteiger partial charge in [-0.1, -0.05) is 13.8 Å². The van der Waals surface area contributed by atoms with Crippen LogP contribution < -0.4 is 15.8 Å². The maximum atomic E-state index is 11.3. The number of nitrogens with one attached hydrogen (secondary N) is 2. The molecule has 0 aliphatic carbocycles. The molecular weight excluding hydrogens is 232 g/mol. The lowest BCUT2D eigenvalue weighted by Gasteiger charge is -2.36. The molecule has 1 aliphatic heterocycles. The van der Waals surface area contributed by atoms with Crippen LogP contribution in [0.15, 0.2) is 17.2 Å². The molecule has 0 saturated carbocycles. The summed E-state index contributed by atoms with van der Waals surface area (Å²) in [6, 6.07) is 2.18. The van der Waals surface area contributed by atoms with Crippen molar-refractivity contribution in [3.63, 3.8) is 0 Å². The number of aromatic nitrogens is 2. The Bertz CT molecular complexity index is 432. The molecule has 1 fully saturated rings. The summed E-state index contributed by atoms with van der Waals surface area (Å²) in [5, 5.41) is 3.39. The fourth-order valence-corrected chi connectivity index (χ4v) is 2.01. The van der Waals surface area contributed by atoms with Crippen molar-refractivity contribution < 1.29 is 4.74 Å².